The van der Waals surface area contributed by atoms with Crippen molar-refractivity contribution in [3.05, 3.63) is 69.8 Å². The number of allylic oxidation sites excluding steroid dienone is 4. The summed E-state index contributed by atoms with van der Waals surface area (Å²) in [6.45, 7) is 8.10. The van der Waals surface area contributed by atoms with Gasteiger partial charge in [0.2, 0.25) is 0 Å². The molecule has 0 saturated heterocycles. The molecular weight excluding hydrogens is 364 g/mol. The third kappa shape index (κ3) is 6.18. The number of benzene rings is 2. The molecule has 0 unspecified atom stereocenters. The smallest absolute Gasteiger partial charge is 0.133 e. The van der Waals surface area contributed by atoms with Crippen molar-refractivity contribution in [2.24, 2.45) is 0 Å². The molecule has 0 aliphatic heterocycles. The Morgan fingerprint density at radius 1 is 0.828 bits per heavy atom. The minimum absolute atomic E-state index is 0.00340. The maximum Gasteiger partial charge on any atom is 0.133 e. The molecule has 2 rings (SSSR count). The fourth-order valence-corrected chi connectivity index (χ4v) is 3.05. The Bertz CT molecular complexity index is 937. The Kier molecular flexibility index (Phi) is 7.54. The van der Waals surface area contributed by atoms with Crippen LogP contribution in [0.5, 0.6) is 23.0 Å². The number of phenolic OH excluding ortho intramolecular Hbond substituents is 3. The second-order valence-corrected chi connectivity index (χ2v) is 7.57. The third-order valence-electron chi connectivity index (χ3n) is 4.50. The number of phenols is 3. The molecule has 2 aromatic rings. The highest BCUT2D eigenvalue weighted by Gasteiger charge is 2.16. The molecule has 0 bridgehead atoms. The summed E-state index contributed by atoms with van der Waals surface area (Å²) in [5.74, 6) is 0.830. The highest BCUT2D eigenvalue weighted by molar-refractivity contribution is 5.77. The van der Waals surface area contributed by atoms with Gasteiger partial charge in [0.1, 0.15) is 23.0 Å². The van der Waals surface area contributed by atoms with Crippen LogP contribution >= 0.6 is 0 Å². The van der Waals surface area contributed by atoms with Gasteiger partial charge in [-0.15, -0.1) is 0 Å². The van der Waals surface area contributed by atoms with Crippen molar-refractivity contribution in [1.82, 2.24) is 0 Å². The van der Waals surface area contributed by atoms with Crippen LogP contribution in [0.25, 0.3) is 12.2 Å². The maximum atomic E-state index is 10.6. The molecule has 0 fully saturated rings. The molecule has 2 aromatic carbocycles. The molecule has 0 spiro atoms. The van der Waals surface area contributed by atoms with Crippen LogP contribution in [0.15, 0.2) is 47.6 Å². The van der Waals surface area contributed by atoms with Gasteiger partial charge in [-0.2, -0.15) is 0 Å². The fourth-order valence-electron chi connectivity index (χ4n) is 3.05. The fraction of sp³-hybridized carbons (Fsp3) is 0.280. The van der Waals surface area contributed by atoms with Gasteiger partial charge in [0.05, 0.1) is 7.11 Å². The maximum absolute atomic E-state index is 10.6. The number of hydrogen-bond acceptors (Lipinski definition) is 4. The molecule has 3 N–H and O–H groups in total. The lowest BCUT2D eigenvalue weighted by Crippen LogP contribution is -2.00. The highest BCUT2D eigenvalue weighted by Crippen LogP contribution is 2.37. The summed E-state index contributed by atoms with van der Waals surface area (Å²) < 4.78 is 5.71. The van der Waals surface area contributed by atoms with E-state index in [2.05, 4.69) is 6.08 Å². The molecule has 0 heterocycles. The molecule has 29 heavy (non-hydrogen) atoms. The first-order valence-corrected chi connectivity index (χ1v) is 9.60. The summed E-state index contributed by atoms with van der Waals surface area (Å²) in [4.78, 5) is 0. The van der Waals surface area contributed by atoms with Crippen LogP contribution in [0, 0.1) is 0 Å². The van der Waals surface area contributed by atoms with Crippen LogP contribution in [-0.2, 0) is 12.8 Å². The van der Waals surface area contributed by atoms with Crippen molar-refractivity contribution in [2.75, 3.05) is 7.11 Å². The number of aromatic hydroxyl groups is 3. The van der Waals surface area contributed by atoms with Gasteiger partial charge in [-0.1, -0.05) is 35.5 Å². The Morgan fingerprint density at radius 2 is 1.41 bits per heavy atom. The molecule has 0 aliphatic rings. The lowest BCUT2D eigenvalue weighted by molar-refractivity contribution is 0.399. The van der Waals surface area contributed by atoms with Gasteiger partial charge in [0.25, 0.3) is 0 Å². The number of methoxy groups -OCH3 is 1. The van der Waals surface area contributed by atoms with Gasteiger partial charge in [-0.3, -0.25) is 0 Å². The van der Waals surface area contributed by atoms with Crippen LogP contribution in [0.1, 0.15) is 49.9 Å². The number of rotatable bonds is 7. The predicted octanol–water partition coefficient (Wildman–Crippen LogP) is 6.00. The highest BCUT2D eigenvalue weighted by atomic mass is 16.5. The molecule has 154 valence electrons. The van der Waals surface area contributed by atoms with E-state index < -0.39 is 0 Å². The van der Waals surface area contributed by atoms with E-state index in [0.29, 0.717) is 24.2 Å². The summed E-state index contributed by atoms with van der Waals surface area (Å²) in [5.41, 5.74) is 5.53. The van der Waals surface area contributed by atoms with Gasteiger partial charge in [-0.25, -0.2) is 0 Å². The van der Waals surface area contributed by atoms with Crippen LogP contribution in [0.3, 0.4) is 0 Å². The first-order chi connectivity index (χ1) is 13.7. The second kappa shape index (κ2) is 9.87. The van der Waals surface area contributed by atoms with Crippen LogP contribution in [-0.4, -0.2) is 22.4 Å². The lowest BCUT2D eigenvalue weighted by Gasteiger charge is -2.17. The zero-order chi connectivity index (χ0) is 21.6. The van der Waals surface area contributed by atoms with Gasteiger partial charge in [0, 0.05) is 17.2 Å². The third-order valence-corrected chi connectivity index (χ3v) is 4.50. The van der Waals surface area contributed by atoms with Gasteiger partial charge >= 0.3 is 0 Å². The molecule has 0 aliphatic carbocycles. The Balaban J connectivity index is 2.63. The van der Waals surface area contributed by atoms with Gasteiger partial charge in [-0.05, 0) is 69.9 Å². The van der Waals surface area contributed by atoms with E-state index in [1.54, 1.807) is 25.3 Å². The molecule has 4 heteroatoms. The van der Waals surface area contributed by atoms with Crippen LogP contribution < -0.4 is 4.74 Å². The van der Waals surface area contributed by atoms with E-state index in [1.165, 1.54) is 11.6 Å². The molecule has 0 saturated carbocycles. The second-order valence-electron chi connectivity index (χ2n) is 7.57. The minimum Gasteiger partial charge on any atom is -0.508 e. The minimum atomic E-state index is -0.00340. The summed E-state index contributed by atoms with van der Waals surface area (Å²) in [6.07, 6.45) is 9.07. The average Bonchev–Trinajstić information content (AvgIpc) is 2.62. The van der Waals surface area contributed by atoms with Crippen molar-refractivity contribution >= 4 is 12.2 Å². The van der Waals surface area contributed by atoms with E-state index in [9.17, 15) is 15.3 Å². The molecule has 0 atom stereocenters. The summed E-state index contributed by atoms with van der Waals surface area (Å²) in [7, 11) is 1.60. The molecular formula is C25H30O4. The van der Waals surface area contributed by atoms with Crippen molar-refractivity contribution in [2.45, 2.75) is 40.5 Å². The molecule has 0 radical (unpaired) electrons. The SMILES string of the molecule is COc1c(/C=C/c2cc(O)cc(O)c2)c(CC=C(C)C)cc(O)c1CC=C(C)C. The zero-order valence-electron chi connectivity index (χ0n) is 17.8. The first kappa shape index (κ1) is 22.2. The topological polar surface area (TPSA) is 69.9 Å². The van der Waals surface area contributed by atoms with E-state index in [-0.39, 0.29) is 17.2 Å². The Morgan fingerprint density at radius 3 is 1.97 bits per heavy atom. The zero-order valence-corrected chi connectivity index (χ0v) is 17.8. The Labute approximate surface area is 173 Å². The lowest BCUT2D eigenvalue weighted by atomic mass is 9.95. The van der Waals surface area contributed by atoms with Gasteiger partial charge in [0.15, 0.2) is 0 Å². The summed E-state index contributed by atoms with van der Waals surface area (Å²) >= 11 is 0. The van der Waals surface area contributed by atoms with Crippen LogP contribution in [0.2, 0.25) is 0 Å². The van der Waals surface area contributed by atoms with Crippen molar-refractivity contribution in [3.63, 3.8) is 0 Å². The van der Waals surface area contributed by atoms with Crippen molar-refractivity contribution in [3.8, 4) is 23.0 Å². The largest absolute Gasteiger partial charge is 0.508 e. The normalized spacial score (nSPS) is 10.8. The van der Waals surface area contributed by atoms with Gasteiger partial charge < -0.3 is 20.1 Å². The summed E-state index contributed by atoms with van der Waals surface area (Å²) in [5, 5.41) is 30.1. The van der Waals surface area contributed by atoms with E-state index in [1.807, 2.05) is 45.9 Å². The monoisotopic (exact) mass is 394 g/mol. The van der Waals surface area contributed by atoms with Crippen molar-refractivity contribution < 1.29 is 20.1 Å². The molecule has 0 amide bonds. The first-order valence-electron chi connectivity index (χ1n) is 9.60. The average molecular weight is 395 g/mol. The van der Waals surface area contributed by atoms with E-state index in [4.69, 9.17) is 4.74 Å². The van der Waals surface area contributed by atoms with Crippen molar-refractivity contribution in [1.29, 1.82) is 0 Å². The van der Waals surface area contributed by atoms with Crippen LogP contribution in [0.4, 0.5) is 0 Å². The molecule has 4 nitrogen and oxygen atoms in total. The van der Waals surface area contributed by atoms with E-state index >= 15 is 0 Å². The number of ether oxygens (including phenoxy) is 1. The molecule has 0 aromatic heterocycles. The summed E-state index contributed by atoms with van der Waals surface area (Å²) in [6, 6.07) is 6.22. The predicted molar refractivity (Wildman–Crippen MR) is 120 cm³/mol. The quantitative estimate of drug-likeness (QED) is 0.398. The standard InChI is InChI=1S/C25H30O4/c1-16(2)6-9-19-14-24(28)23(10-7-17(3)4)25(29-5)22(19)11-8-18-12-20(26)15-21(27)13-18/h6-8,11-15,26-28H,9-10H2,1-5H3/b11-8+. The number of hydrogen-bond donors (Lipinski definition) is 3. The Hall–Kier alpha value is -3.14. The van der Waals surface area contributed by atoms with E-state index in [0.717, 1.165) is 22.3 Å².